The highest BCUT2D eigenvalue weighted by Gasteiger charge is 2.22. The van der Waals surface area contributed by atoms with Gasteiger partial charge in [-0.1, -0.05) is 13.3 Å². The van der Waals surface area contributed by atoms with Crippen molar-refractivity contribution in [2.75, 3.05) is 33.0 Å². The number of rotatable bonds is 10. The molecule has 0 aromatic carbocycles. The van der Waals surface area contributed by atoms with Crippen molar-refractivity contribution < 1.29 is 9.84 Å². The molecule has 0 aliphatic heterocycles. The van der Waals surface area contributed by atoms with Gasteiger partial charge in [-0.3, -0.25) is 0 Å². The van der Waals surface area contributed by atoms with Gasteiger partial charge in [0.05, 0.1) is 18.8 Å². The molecule has 0 amide bonds. The monoisotopic (exact) mass is 364 g/mol. The molecule has 2 aromatic rings. The standard InChI is InChI=1S/C18H32N6O2/c1-6-7-9-13-20-14-15(19)21-17(26-11-8-10-23(4)5)22-16(14)24(13)12-18(2,3)25/h25H,6-12H2,1-5H3,(H2,19,21,22). The highest BCUT2D eigenvalue weighted by molar-refractivity contribution is 5.82. The van der Waals surface area contributed by atoms with E-state index in [2.05, 4.69) is 26.8 Å². The van der Waals surface area contributed by atoms with E-state index in [1.165, 1.54) is 0 Å². The Hall–Kier alpha value is -1.93. The van der Waals surface area contributed by atoms with Gasteiger partial charge in [0.15, 0.2) is 17.0 Å². The minimum Gasteiger partial charge on any atom is -0.463 e. The molecule has 0 spiro atoms. The first-order valence-corrected chi connectivity index (χ1v) is 9.24. The average Bonchev–Trinajstić information content (AvgIpc) is 2.86. The largest absolute Gasteiger partial charge is 0.463 e. The number of ether oxygens (including phenoxy) is 1. The van der Waals surface area contributed by atoms with Crippen molar-refractivity contribution in [3.05, 3.63) is 5.82 Å². The van der Waals surface area contributed by atoms with Gasteiger partial charge < -0.3 is 25.0 Å². The van der Waals surface area contributed by atoms with Gasteiger partial charge in [0, 0.05) is 13.0 Å². The lowest BCUT2D eigenvalue weighted by atomic mass is 10.1. The minimum atomic E-state index is -0.888. The van der Waals surface area contributed by atoms with E-state index in [4.69, 9.17) is 10.5 Å². The fraction of sp³-hybridized carbons (Fsp3) is 0.722. The van der Waals surface area contributed by atoms with Crippen LogP contribution >= 0.6 is 0 Å². The van der Waals surface area contributed by atoms with Crippen molar-refractivity contribution >= 4 is 17.0 Å². The van der Waals surface area contributed by atoms with E-state index in [1.807, 2.05) is 18.7 Å². The third-order valence-electron chi connectivity index (χ3n) is 3.96. The zero-order valence-corrected chi connectivity index (χ0v) is 16.6. The summed E-state index contributed by atoms with van der Waals surface area (Å²) in [6.07, 6.45) is 3.75. The van der Waals surface area contributed by atoms with Crippen LogP contribution in [0.2, 0.25) is 0 Å². The molecule has 0 fully saturated rings. The maximum absolute atomic E-state index is 10.3. The fourth-order valence-corrected chi connectivity index (χ4v) is 2.73. The van der Waals surface area contributed by atoms with Gasteiger partial charge in [-0.15, -0.1) is 0 Å². The summed E-state index contributed by atoms with van der Waals surface area (Å²) in [5.41, 5.74) is 6.41. The molecular weight excluding hydrogens is 332 g/mol. The predicted molar refractivity (Wildman–Crippen MR) is 103 cm³/mol. The summed E-state index contributed by atoms with van der Waals surface area (Å²) >= 11 is 0. The number of nitrogens with two attached hydrogens (primary N) is 1. The molecule has 2 rings (SSSR count). The van der Waals surface area contributed by atoms with Crippen molar-refractivity contribution in [3.63, 3.8) is 0 Å². The van der Waals surface area contributed by atoms with Gasteiger partial charge in [0.25, 0.3) is 0 Å². The van der Waals surface area contributed by atoms with Crippen LogP contribution in [0.4, 0.5) is 5.82 Å². The lowest BCUT2D eigenvalue weighted by molar-refractivity contribution is 0.0616. The second-order valence-electron chi connectivity index (χ2n) is 7.60. The minimum absolute atomic E-state index is 0.257. The zero-order chi connectivity index (χ0) is 19.3. The van der Waals surface area contributed by atoms with Gasteiger partial charge in [-0.05, 0) is 40.8 Å². The lowest BCUT2D eigenvalue weighted by Crippen LogP contribution is -2.27. The normalized spacial score (nSPS) is 12.3. The molecule has 2 aromatic heterocycles. The number of fused-ring (bicyclic) bond motifs is 1. The summed E-state index contributed by atoms with van der Waals surface area (Å²) in [6.45, 7) is 7.51. The van der Waals surface area contributed by atoms with Crippen LogP contribution in [0.25, 0.3) is 11.2 Å². The van der Waals surface area contributed by atoms with E-state index in [0.717, 1.165) is 38.1 Å². The fourth-order valence-electron chi connectivity index (χ4n) is 2.73. The summed E-state index contributed by atoms with van der Waals surface area (Å²) in [6, 6.07) is 0.257. The Morgan fingerprint density at radius 3 is 2.54 bits per heavy atom. The molecule has 8 heteroatoms. The number of anilines is 1. The van der Waals surface area contributed by atoms with Crippen LogP contribution in [-0.4, -0.2) is 62.4 Å². The molecule has 0 bridgehead atoms. The molecule has 0 aliphatic rings. The maximum Gasteiger partial charge on any atom is 0.320 e. The molecular formula is C18H32N6O2. The molecule has 0 aliphatic carbocycles. The average molecular weight is 364 g/mol. The number of hydrogen-bond donors (Lipinski definition) is 2. The summed E-state index contributed by atoms with van der Waals surface area (Å²) < 4.78 is 7.63. The molecule has 0 radical (unpaired) electrons. The Bertz CT molecular complexity index is 721. The molecule has 3 N–H and O–H groups in total. The molecule has 0 saturated heterocycles. The van der Waals surface area contributed by atoms with Crippen LogP contribution in [0.3, 0.4) is 0 Å². The van der Waals surface area contributed by atoms with Gasteiger partial charge in [-0.25, -0.2) is 4.98 Å². The van der Waals surface area contributed by atoms with Crippen LogP contribution in [0.1, 0.15) is 45.9 Å². The first-order valence-electron chi connectivity index (χ1n) is 9.24. The Labute approximate surface area is 155 Å². The SMILES string of the molecule is CCCCc1nc2c(N)nc(OCCCN(C)C)nc2n1CC(C)(C)O. The second-order valence-corrected chi connectivity index (χ2v) is 7.60. The van der Waals surface area contributed by atoms with Crippen LogP contribution in [0.5, 0.6) is 6.01 Å². The Kier molecular flexibility index (Phi) is 6.77. The molecule has 146 valence electrons. The van der Waals surface area contributed by atoms with E-state index < -0.39 is 5.60 Å². The first kappa shape index (κ1) is 20.4. The highest BCUT2D eigenvalue weighted by atomic mass is 16.5. The Balaban J connectivity index is 2.33. The second kappa shape index (κ2) is 8.64. The van der Waals surface area contributed by atoms with E-state index in [9.17, 15) is 5.11 Å². The van der Waals surface area contributed by atoms with E-state index in [0.29, 0.717) is 30.1 Å². The Morgan fingerprint density at radius 1 is 1.19 bits per heavy atom. The van der Waals surface area contributed by atoms with Crippen LogP contribution < -0.4 is 10.5 Å². The maximum atomic E-state index is 10.3. The molecule has 26 heavy (non-hydrogen) atoms. The van der Waals surface area contributed by atoms with Gasteiger partial charge >= 0.3 is 6.01 Å². The van der Waals surface area contributed by atoms with Crippen molar-refractivity contribution in [2.45, 2.75) is 58.6 Å². The van der Waals surface area contributed by atoms with Crippen molar-refractivity contribution in [1.29, 1.82) is 0 Å². The van der Waals surface area contributed by atoms with E-state index >= 15 is 0 Å². The van der Waals surface area contributed by atoms with Crippen molar-refractivity contribution in [1.82, 2.24) is 24.4 Å². The topological polar surface area (TPSA) is 102 Å². The third-order valence-corrected chi connectivity index (χ3v) is 3.96. The summed E-state index contributed by atoms with van der Waals surface area (Å²) in [4.78, 5) is 15.5. The van der Waals surface area contributed by atoms with E-state index in [1.54, 1.807) is 13.8 Å². The predicted octanol–water partition coefficient (Wildman–Crippen LogP) is 1.85. The number of aliphatic hydroxyl groups is 1. The van der Waals surface area contributed by atoms with Crippen LogP contribution in [0, 0.1) is 0 Å². The van der Waals surface area contributed by atoms with Gasteiger partial charge in [-0.2, -0.15) is 9.97 Å². The Morgan fingerprint density at radius 2 is 1.92 bits per heavy atom. The molecule has 2 heterocycles. The molecule has 0 atom stereocenters. The zero-order valence-electron chi connectivity index (χ0n) is 16.6. The highest BCUT2D eigenvalue weighted by Crippen LogP contribution is 2.24. The smallest absolute Gasteiger partial charge is 0.320 e. The molecule has 8 nitrogen and oxygen atoms in total. The van der Waals surface area contributed by atoms with E-state index in [-0.39, 0.29) is 6.01 Å². The van der Waals surface area contributed by atoms with Crippen LogP contribution in [0.15, 0.2) is 0 Å². The van der Waals surface area contributed by atoms with Crippen LogP contribution in [-0.2, 0) is 13.0 Å². The number of hydrogen-bond acceptors (Lipinski definition) is 7. The third kappa shape index (κ3) is 5.54. The van der Waals surface area contributed by atoms with Gasteiger partial charge in [0.1, 0.15) is 5.82 Å². The summed E-state index contributed by atoms with van der Waals surface area (Å²) in [7, 11) is 4.04. The summed E-state index contributed by atoms with van der Waals surface area (Å²) in [5.74, 6) is 1.18. The number of nitrogen functional groups attached to an aromatic ring is 1. The molecule has 0 unspecified atom stereocenters. The summed E-state index contributed by atoms with van der Waals surface area (Å²) in [5, 5.41) is 10.3. The number of aryl methyl sites for hydroxylation is 1. The number of unbranched alkanes of at least 4 members (excludes halogenated alkanes) is 1. The lowest BCUT2D eigenvalue weighted by Gasteiger charge is -2.20. The first-order chi connectivity index (χ1) is 12.2. The van der Waals surface area contributed by atoms with Crippen molar-refractivity contribution in [3.8, 4) is 6.01 Å². The van der Waals surface area contributed by atoms with Crippen molar-refractivity contribution in [2.24, 2.45) is 0 Å². The quantitative estimate of drug-likeness (QED) is 0.620. The molecule has 0 saturated carbocycles. The van der Waals surface area contributed by atoms with Gasteiger partial charge in [0.2, 0.25) is 0 Å². The number of aromatic nitrogens is 4. The number of imidazole rings is 1. The number of nitrogens with zero attached hydrogens (tertiary/aromatic N) is 5.